The Morgan fingerprint density at radius 1 is 1.20 bits per heavy atom. The van der Waals surface area contributed by atoms with Gasteiger partial charge in [-0.1, -0.05) is 30.3 Å². The summed E-state index contributed by atoms with van der Waals surface area (Å²) in [6, 6.07) is 14.6. The highest BCUT2D eigenvalue weighted by atomic mass is 16.3. The zero-order valence-electron chi connectivity index (χ0n) is 11.4. The number of fused-ring (bicyclic) bond motifs is 2. The monoisotopic (exact) mass is 264 g/mol. The number of nitrogens with zero attached hydrogens (tertiary/aromatic N) is 1. The zero-order chi connectivity index (χ0) is 13.5. The Bertz CT molecular complexity index is 776. The van der Waals surface area contributed by atoms with E-state index in [0.29, 0.717) is 5.92 Å². The quantitative estimate of drug-likeness (QED) is 0.763. The molecule has 20 heavy (non-hydrogen) atoms. The van der Waals surface area contributed by atoms with Crippen molar-refractivity contribution < 1.29 is 4.42 Å². The maximum Gasteiger partial charge on any atom is 0.196 e. The van der Waals surface area contributed by atoms with E-state index >= 15 is 0 Å². The molecule has 0 amide bonds. The minimum absolute atomic E-state index is 0.444. The van der Waals surface area contributed by atoms with Gasteiger partial charge in [-0.15, -0.1) is 0 Å². The topological polar surface area (TPSA) is 38.1 Å². The molecule has 0 radical (unpaired) electrons. The molecule has 1 N–H and O–H groups in total. The van der Waals surface area contributed by atoms with Crippen molar-refractivity contribution in [2.24, 2.45) is 0 Å². The van der Waals surface area contributed by atoms with E-state index < -0.39 is 0 Å². The Morgan fingerprint density at radius 3 is 3.00 bits per heavy atom. The summed E-state index contributed by atoms with van der Waals surface area (Å²) in [6.07, 6.45) is 0.845. The minimum atomic E-state index is 0.444. The summed E-state index contributed by atoms with van der Waals surface area (Å²) in [5.41, 5.74) is 5.63. The van der Waals surface area contributed by atoms with Gasteiger partial charge in [0.2, 0.25) is 0 Å². The predicted molar refractivity (Wildman–Crippen MR) is 80.1 cm³/mol. The molecular formula is C17H16N2O. The molecular weight excluding hydrogens is 248 g/mol. The highest BCUT2D eigenvalue weighted by Gasteiger charge is 2.23. The largest absolute Gasteiger partial charge is 0.440 e. The molecule has 0 bridgehead atoms. The molecule has 3 heteroatoms. The van der Waals surface area contributed by atoms with Gasteiger partial charge >= 0.3 is 0 Å². The molecule has 1 unspecified atom stereocenters. The molecule has 0 aliphatic carbocycles. The van der Waals surface area contributed by atoms with Crippen molar-refractivity contribution in [1.29, 1.82) is 0 Å². The molecule has 0 saturated carbocycles. The summed E-state index contributed by atoms with van der Waals surface area (Å²) in [4.78, 5) is 4.62. The van der Waals surface area contributed by atoms with Gasteiger partial charge in [0.25, 0.3) is 0 Å². The van der Waals surface area contributed by atoms with Crippen LogP contribution >= 0.6 is 0 Å². The fourth-order valence-electron chi connectivity index (χ4n) is 2.97. The fraction of sp³-hybridized carbons (Fsp3) is 0.235. The van der Waals surface area contributed by atoms with Crippen LogP contribution in [0.25, 0.3) is 11.1 Å². The molecule has 100 valence electrons. The van der Waals surface area contributed by atoms with E-state index in [2.05, 4.69) is 47.6 Å². The number of aromatic nitrogens is 1. The van der Waals surface area contributed by atoms with Crippen molar-refractivity contribution in [3.05, 3.63) is 59.5 Å². The van der Waals surface area contributed by atoms with Gasteiger partial charge in [-0.05, 0) is 30.2 Å². The van der Waals surface area contributed by atoms with Crippen molar-refractivity contribution in [3.8, 4) is 0 Å². The first-order chi connectivity index (χ1) is 9.81. The molecule has 1 aromatic heterocycles. The minimum Gasteiger partial charge on any atom is -0.440 e. The summed E-state index contributed by atoms with van der Waals surface area (Å²) >= 11 is 0. The lowest BCUT2D eigenvalue weighted by Gasteiger charge is -2.06. The first kappa shape index (κ1) is 11.5. The van der Waals surface area contributed by atoms with Gasteiger partial charge in [0.1, 0.15) is 5.52 Å². The smallest absolute Gasteiger partial charge is 0.196 e. The van der Waals surface area contributed by atoms with Crippen LogP contribution in [0.15, 0.2) is 46.9 Å². The van der Waals surface area contributed by atoms with E-state index in [0.717, 1.165) is 35.5 Å². The summed E-state index contributed by atoms with van der Waals surface area (Å²) in [6.45, 7) is 3.01. The van der Waals surface area contributed by atoms with E-state index in [1.807, 2.05) is 12.1 Å². The number of benzene rings is 2. The highest BCUT2D eigenvalue weighted by Crippen LogP contribution is 2.33. The van der Waals surface area contributed by atoms with Crippen LogP contribution < -0.4 is 5.32 Å². The van der Waals surface area contributed by atoms with Crippen molar-refractivity contribution in [3.63, 3.8) is 0 Å². The van der Waals surface area contributed by atoms with Gasteiger partial charge in [-0.3, -0.25) is 0 Å². The first-order valence-electron chi connectivity index (χ1n) is 6.99. The van der Waals surface area contributed by atoms with Gasteiger partial charge in [-0.25, -0.2) is 4.98 Å². The highest BCUT2D eigenvalue weighted by molar-refractivity contribution is 5.76. The van der Waals surface area contributed by atoms with E-state index in [-0.39, 0.29) is 0 Å². The van der Waals surface area contributed by atoms with Crippen molar-refractivity contribution in [1.82, 2.24) is 4.98 Å². The summed E-state index contributed by atoms with van der Waals surface area (Å²) < 4.78 is 5.94. The lowest BCUT2D eigenvalue weighted by Crippen LogP contribution is -2.05. The number of oxazole rings is 1. The van der Waals surface area contributed by atoms with Crippen LogP contribution in [0.1, 0.15) is 22.9 Å². The summed E-state index contributed by atoms with van der Waals surface area (Å²) in [5.74, 6) is 1.28. The summed E-state index contributed by atoms with van der Waals surface area (Å²) in [5, 5.41) is 3.45. The Balaban J connectivity index is 1.67. The normalized spacial score (nSPS) is 17.1. The van der Waals surface area contributed by atoms with Crippen LogP contribution in [0.5, 0.6) is 0 Å². The molecule has 1 atom stereocenters. The van der Waals surface area contributed by atoms with Gasteiger partial charge in [-0.2, -0.15) is 0 Å². The van der Waals surface area contributed by atoms with Crippen LogP contribution in [0.3, 0.4) is 0 Å². The predicted octanol–water partition coefficient (Wildman–Crippen LogP) is 3.89. The standard InChI is InChI=1S/C17H16N2O/c1-11-5-4-8-15-17(11)20-16(19-15)9-12-10-18-14-7-3-2-6-13(12)14/h2-8,12,18H,9-10H2,1H3. The first-order valence-corrected chi connectivity index (χ1v) is 6.99. The van der Waals surface area contributed by atoms with E-state index in [1.165, 1.54) is 11.3 Å². The second-order valence-electron chi connectivity index (χ2n) is 5.40. The van der Waals surface area contributed by atoms with Gasteiger partial charge in [0.05, 0.1) is 0 Å². The molecule has 2 heterocycles. The van der Waals surface area contributed by atoms with Crippen LogP contribution in [0.4, 0.5) is 5.69 Å². The number of aryl methyl sites for hydroxylation is 1. The Hall–Kier alpha value is -2.29. The average molecular weight is 264 g/mol. The number of hydrogen-bond acceptors (Lipinski definition) is 3. The van der Waals surface area contributed by atoms with Crippen LogP contribution in [-0.4, -0.2) is 11.5 Å². The lowest BCUT2D eigenvalue weighted by atomic mass is 9.98. The Labute approximate surface area is 117 Å². The van der Waals surface area contributed by atoms with E-state index in [1.54, 1.807) is 0 Å². The molecule has 2 aromatic carbocycles. The average Bonchev–Trinajstić information content (AvgIpc) is 3.05. The summed E-state index contributed by atoms with van der Waals surface area (Å²) in [7, 11) is 0. The van der Waals surface area contributed by atoms with Crippen molar-refractivity contribution >= 4 is 16.8 Å². The Morgan fingerprint density at radius 2 is 2.10 bits per heavy atom. The number of hydrogen-bond donors (Lipinski definition) is 1. The zero-order valence-corrected chi connectivity index (χ0v) is 11.4. The number of nitrogens with one attached hydrogen (secondary N) is 1. The number of para-hydroxylation sites is 2. The molecule has 0 saturated heterocycles. The third-order valence-electron chi connectivity index (χ3n) is 4.02. The Kier molecular flexibility index (Phi) is 2.52. The molecule has 3 aromatic rings. The maximum atomic E-state index is 5.94. The third kappa shape index (κ3) is 1.78. The lowest BCUT2D eigenvalue weighted by molar-refractivity contribution is 0.506. The van der Waals surface area contributed by atoms with Crippen molar-refractivity contribution in [2.45, 2.75) is 19.3 Å². The molecule has 0 spiro atoms. The van der Waals surface area contributed by atoms with Crippen molar-refractivity contribution in [2.75, 3.05) is 11.9 Å². The van der Waals surface area contributed by atoms with E-state index in [9.17, 15) is 0 Å². The molecule has 1 aliphatic heterocycles. The van der Waals surface area contributed by atoms with Crippen LogP contribution in [0, 0.1) is 6.92 Å². The molecule has 0 fully saturated rings. The van der Waals surface area contributed by atoms with Crippen LogP contribution in [-0.2, 0) is 6.42 Å². The van der Waals surface area contributed by atoms with Gasteiger partial charge in [0, 0.05) is 24.6 Å². The van der Waals surface area contributed by atoms with Gasteiger partial charge < -0.3 is 9.73 Å². The van der Waals surface area contributed by atoms with Gasteiger partial charge in [0.15, 0.2) is 11.5 Å². The maximum absolute atomic E-state index is 5.94. The second kappa shape index (κ2) is 4.37. The molecule has 1 aliphatic rings. The van der Waals surface area contributed by atoms with E-state index in [4.69, 9.17) is 4.42 Å². The van der Waals surface area contributed by atoms with Crippen LogP contribution in [0.2, 0.25) is 0 Å². The molecule has 4 rings (SSSR count). The molecule has 3 nitrogen and oxygen atoms in total. The third-order valence-corrected chi connectivity index (χ3v) is 4.02. The number of rotatable bonds is 2. The second-order valence-corrected chi connectivity index (χ2v) is 5.40. The SMILES string of the molecule is Cc1cccc2nc(CC3CNc4ccccc43)oc12. The fourth-order valence-corrected chi connectivity index (χ4v) is 2.97. The number of anilines is 1.